The van der Waals surface area contributed by atoms with E-state index in [9.17, 15) is 9.59 Å². The molecule has 1 aromatic carbocycles. The number of rotatable bonds is 5. The molecule has 2 amide bonds. The van der Waals surface area contributed by atoms with Crippen LogP contribution in [0.1, 0.15) is 38.3 Å². The smallest absolute Gasteiger partial charge is 0.244 e. The van der Waals surface area contributed by atoms with Gasteiger partial charge in [-0.25, -0.2) is 0 Å². The van der Waals surface area contributed by atoms with Gasteiger partial charge in [-0.15, -0.1) is 0 Å². The lowest BCUT2D eigenvalue weighted by Gasteiger charge is -2.33. The maximum absolute atomic E-state index is 12.5. The molecule has 27 heavy (non-hydrogen) atoms. The number of carbonyl (C=O) groups excluding carboxylic acids is 2. The average Bonchev–Trinajstić information content (AvgIpc) is 3.17. The van der Waals surface area contributed by atoms with Crippen LogP contribution in [0.4, 0.5) is 0 Å². The fraction of sp³-hybridized carbons (Fsp3) is 0.450. The first kappa shape index (κ1) is 18.9. The van der Waals surface area contributed by atoms with Crippen molar-refractivity contribution in [3.63, 3.8) is 0 Å². The van der Waals surface area contributed by atoms with Crippen molar-refractivity contribution in [2.75, 3.05) is 20.2 Å². The summed E-state index contributed by atoms with van der Waals surface area (Å²) in [5.41, 5.74) is 3.24. The molecular formula is C20H26N4O3. The van der Waals surface area contributed by atoms with Crippen molar-refractivity contribution in [2.45, 2.75) is 38.6 Å². The fourth-order valence-corrected chi connectivity index (χ4v) is 3.66. The molecule has 0 aliphatic carbocycles. The van der Waals surface area contributed by atoms with Crippen molar-refractivity contribution in [3.05, 3.63) is 36.2 Å². The van der Waals surface area contributed by atoms with Gasteiger partial charge in [0, 0.05) is 37.2 Å². The third-order valence-electron chi connectivity index (χ3n) is 5.05. The van der Waals surface area contributed by atoms with Crippen LogP contribution in [0.15, 0.2) is 30.5 Å². The number of ether oxygens (including phenoxy) is 1. The number of methoxy groups -OCH3 is 1. The maximum Gasteiger partial charge on any atom is 0.244 e. The van der Waals surface area contributed by atoms with Gasteiger partial charge >= 0.3 is 0 Å². The highest BCUT2D eigenvalue weighted by Crippen LogP contribution is 2.35. The first-order valence-electron chi connectivity index (χ1n) is 9.23. The topological polar surface area (TPSA) is 87.3 Å². The van der Waals surface area contributed by atoms with E-state index in [-0.39, 0.29) is 11.8 Å². The van der Waals surface area contributed by atoms with E-state index in [1.54, 1.807) is 14.0 Å². The molecule has 1 aromatic heterocycles. The van der Waals surface area contributed by atoms with Crippen molar-refractivity contribution in [3.8, 4) is 16.9 Å². The average molecular weight is 370 g/mol. The van der Waals surface area contributed by atoms with Crippen LogP contribution in [0.25, 0.3) is 11.1 Å². The van der Waals surface area contributed by atoms with Gasteiger partial charge in [-0.2, -0.15) is 5.10 Å². The molecule has 0 bridgehead atoms. The van der Waals surface area contributed by atoms with Gasteiger partial charge in [0.05, 0.1) is 13.3 Å². The molecule has 0 spiro atoms. The molecular weight excluding hydrogens is 344 g/mol. The summed E-state index contributed by atoms with van der Waals surface area (Å²) in [7, 11) is 1.66. The lowest BCUT2D eigenvalue weighted by molar-refractivity contribution is -0.136. The van der Waals surface area contributed by atoms with E-state index in [1.807, 2.05) is 35.4 Å². The van der Waals surface area contributed by atoms with Crippen LogP contribution in [0.5, 0.6) is 5.75 Å². The highest BCUT2D eigenvalue weighted by Gasteiger charge is 2.29. The van der Waals surface area contributed by atoms with E-state index >= 15 is 0 Å². The van der Waals surface area contributed by atoms with E-state index in [4.69, 9.17) is 4.74 Å². The second kappa shape index (κ2) is 8.24. The number of likely N-dealkylation sites (tertiary alicyclic amines) is 1. The molecule has 1 saturated heterocycles. The number of amides is 2. The summed E-state index contributed by atoms with van der Waals surface area (Å²) < 4.78 is 5.32. The molecule has 144 valence electrons. The second-order valence-electron chi connectivity index (χ2n) is 6.95. The molecule has 0 saturated carbocycles. The van der Waals surface area contributed by atoms with Crippen LogP contribution in [0.2, 0.25) is 0 Å². The normalized spacial score (nSPS) is 16.0. The summed E-state index contributed by atoms with van der Waals surface area (Å²) in [6, 6.07) is 7.45. The van der Waals surface area contributed by atoms with Crippen LogP contribution in [-0.2, 0) is 9.59 Å². The maximum atomic E-state index is 12.5. The van der Waals surface area contributed by atoms with Gasteiger partial charge in [0.25, 0.3) is 0 Å². The van der Waals surface area contributed by atoms with Gasteiger partial charge in [-0.3, -0.25) is 14.7 Å². The van der Waals surface area contributed by atoms with Gasteiger partial charge in [0.1, 0.15) is 11.8 Å². The Balaban J connectivity index is 1.68. The van der Waals surface area contributed by atoms with E-state index < -0.39 is 6.04 Å². The summed E-state index contributed by atoms with van der Waals surface area (Å²) in [5, 5.41) is 10.1. The summed E-state index contributed by atoms with van der Waals surface area (Å²) in [5.74, 6) is 0.910. The zero-order chi connectivity index (χ0) is 19.4. The van der Waals surface area contributed by atoms with Crippen LogP contribution in [0, 0.1) is 0 Å². The zero-order valence-corrected chi connectivity index (χ0v) is 16.0. The molecule has 2 N–H and O–H groups in total. The van der Waals surface area contributed by atoms with Gasteiger partial charge < -0.3 is 15.0 Å². The summed E-state index contributed by atoms with van der Waals surface area (Å²) in [6.07, 6.45) is 3.57. The minimum absolute atomic E-state index is 0.0266. The van der Waals surface area contributed by atoms with Crippen molar-refractivity contribution in [1.82, 2.24) is 20.4 Å². The van der Waals surface area contributed by atoms with Crippen molar-refractivity contribution >= 4 is 11.8 Å². The molecule has 3 rings (SSSR count). The Kier molecular flexibility index (Phi) is 5.78. The Hall–Kier alpha value is -2.83. The summed E-state index contributed by atoms with van der Waals surface area (Å²) >= 11 is 0. The monoisotopic (exact) mass is 370 g/mol. The number of carbonyl (C=O) groups is 2. The molecule has 1 aliphatic rings. The minimum Gasteiger partial charge on any atom is -0.497 e. The number of nitrogens with one attached hydrogen (secondary N) is 2. The van der Waals surface area contributed by atoms with E-state index in [1.165, 1.54) is 6.92 Å². The Morgan fingerprint density at radius 3 is 2.74 bits per heavy atom. The third-order valence-corrected chi connectivity index (χ3v) is 5.05. The fourth-order valence-electron chi connectivity index (χ4n) is 3.66. The van der Waals surface area contributed by atoms with Crippen LogP contribution in [-0.4, -0.2) is 53.2 Å². The zero-order valence-electron chi connectivity index (χ0n) is 16.0. The summed E-state index contributed by atoms with van der Waals surface area (Å²) in [6.45, 7) is 4.49. The number of piperidine rings is 1. The quantitative estimate of drug-likeness (QED) is 0.846. The lowest BCUT2D eigenvalue weighted by atomic mass is 9.89. The number of nitrogens with zero attached hydrogens (tertiary/aromatic N) is 2. The highest BCUT2D eigenvalue weighted by atomic mass is 16.5. The van der Waals surface area contributed by atoms with Crippen LogP contribution < -0.4 is 10.1 Å². The Labute approximate surface area is 159 Å². The number of aromatic nitrogens is 2. The van der Waals surface area contributed by atoms with Gasteiger partial charge in [-0.1, -0.05) is 12.1 Å². The second-order valence-corrected chi connectivity index (χ2v) is 6.95. The van der Waals surface area contributed by atoms with Crippen molar-refractivity contribution in [2.24, 2.45) is 0 Å². The van der Waals surface area contributed by atoms with Crippen LogP contribution in [0.3, 0.4) is 0 Å². The van der Waals surface area contributed by atoms with E-state index in [2.05, 4.69) is 15.5 Å². The third kappa shape index (κ3) is 4.30. The predicted molar refractivity (Wildman–Crippen MR) is 102 cm³/mol. The Bertz CT molecular complexity index is 809. The van der Waals surface area contributed by atoms with E-state index in [0.717, 1.165) is 35.4 Å². The first-order chi connectivity index (χ1) is 13.0. The molecule has 7 heteroatoms. The Morgan fingerprint density at radius 2 is 2.07 bits per heavy atom. The molecule has 1 fully saturated rings. The summed E-state index contributed by atoms with van der Waals surface area (Å²) in [4.78, 5) is 25.5. The molecule has 2 aromatic rings. The SMILES string of the molecule is COc1cccc(-c2cn[nH]c2C2CCN(C(=O)C(C)NC(C)=O)CC2)c1. The number of H-pyrrole nitrogens is 1. The molecule has 1 aliphatic heterocycles. The molecule has 2 heterocycles. The first-order valence-corrected chi connectivity index (χ1v) is 9.23. The van der Waals surface area contributed by atoms with Gasteiger partial charge in [-0.05, 0) is 37.5 Å². The van der Waals surface area contributed by atoms with E-state index in [0.29, 0.717) is 19.0 Å². The van der Waals surface area contributed by atoms with Gasteiger partial charge in [0.2, 0.25) is 11.8 Å². The molecule has 1 unspecified atom stereocenters. The van der Waals surface area contributed by atoms with Crippen molar-refractivity contribution in [1.29, 1.82) is 0 Å². The minimum atomic E-state index is -0.487. The molecule has 1 atom stereocenters. The number of benzene rings is 1. The standard InChI is InChI=1S/C20H26N4O3/c1-13(22-14(2)25)20(26)24-9-7-15(8-10-24)19-18(12-21-23-19)16-5-4-6-17(11-16)27-3/h4-6,11-13,15H,7-10H2,1-3H3,(H,21,23)(H,22,25). The number of aromatic amines is 1. The molecule has 0 radical (unpaired) electrons. The van der Waals surface area contributed by atoms with Crippen molar-refractivity contribution < 1.29 is 14.3 Å². The molecule has 7 nitrogen and oxygen atoms in total. The predicted octanol–water partition coefficient (Wildman–Crippen LogP) is 2.32. The Morgan fingerprint density at radius 1 is 1.33 bits per heavy atom. The number of hydrogen-bond donors (Lipinski definition) is 2. The van der Waals surface area contributed by atoms with Gasteiger partial charge in [0.15, 0.2) is 0 Å². The number of hydrogen-bond acceptors (Lipinski definition) is 4. The largest absolute Gasteiger partial charge is 0.497 e. The highest BCUT2D eigenvalue weighted by molar-refractivity contribution is 5.86. The lowest BCUT2D eigenvalue weighted by Crippen LogP contribution is -2.48. The van der Waals surface area contributed by atoms with Crippen LogP contribution >= 0.6 is 0 Å².